The fourth-order valence-electron chi connectivity index (χ4n) is 12.8. The van der Waals surface area contributed by atoms with Crippen LogP contribution in [-0.2, 0) is 0 Å². The summed E-state index contributed by atoms with van der Waals surface area (Å²) in [7, 11) is 0. The molecule has 2 aromatic heterocycles. The second-order valence-corrected chi connectivity index (χ2v) is 21.0. The third-order valence-corrected chi connectivity index (χ3v) is 16.5. The van der Waals surface area contributed by atoms with Gasteiger partial charge in [-0.3, -0.25) is 0 Å². The molecule has 0 spiro atoms. The zero-order valence-electron chi connectivity index (χ0n) is 43.9. The third-order valence-electron chi connectivity index (χ3n) is 16.5. The summed E-state index contributed by atoms with van der Waals surface area (Å²) in [6.07, 6.45) is 15.0. The zero-order chi connectivity index (χ0) is 53.5. The molecule has 12 aromatic carbocycles. The largest absolute Gasteiger partial charge is 0.456 e. The van der Waals surface area contributed by atoms with Crippen molar-refractivity contribution in [3.63, 3.8) is 0 Å². The maximum atomic E-state index is 12.1. The highest BCUT2D eigenvalue weighted by Gasteiger charge is 2.30. The Kier molecular flexibility index (Phi) is 10.7. The van der Waals surface area contributed by atoms with E-state index >= 15 is 0 Å². The van der Waals surface area contributed by atoms with Crippen molar-refractivity contribution in [2.45, 2.75) is 0 Å². The fourth-order valence-corrected chi connectivity index (χ4v) is 12.8. The lowest BCUT2D eigenvalue weighted by molar-refractivity contribution is 0.669. The van der Waals surface area contributed by atoms with E-state index in [9.17, 15) is 5.26 Å². The number of hydrogen-bond acceptors (Lipinski definition) is 6. The van der Waals surface area contributed by atoms with Gasteiger partial charge in [-0.25, -0.2) is 0 Å². The summed E-state index contributed by atoms with van der Waals surface area (Å²) in [5, 5.41) is 24.0. The summed E-state index contributed by atoms with van der Waals surface area (Å²) >= 11 is 0. The number of anilines is 5. The molecule has 0 amide bonds. The van der Waals surface area contributed by atoms with Crippen LogP contribution < -0.4 is 14.7 Å². The molecule has 2 aliphatic rings. The second-order valence-electron chi connectivity index (χ2n) is 21.0. The van der Waals surface area contributed by atoms with Crippen LogP contribution in [0.2, 0.25) is 0 Å². The van der Waals surface area contributed by atoms with Crippen LogP contribution in [0.15, 0.2) is 276 Å². The molecule has 380 valence electrons. The van der Waals surface area contributed by atoms with Crippen LogP contribution in [0.5, 0.6) is 0 Å². The van der Waals surface area contributed by atoms with Crippen molar-refractivity contribution in [2.75, 3.05) is 27.8 Å². The van der Waals surface area contributed by atoms with Crippen LogP contribution in [0.3, 0.4) is 0 Å². The van der Waals surface area contributed by atoms with E-state index in [4.69, 9.17) is 8.83 Å². The van der Waals surface area contributed by atoms with Crippen LogP contribution in [0.1, 0.15) is 11.1 Å². The van der Waals surface area contributed by atoms with E-state index in [0.717, 1.165) is 144 Å². The molecular weight excluding hydrogens is 989 g/mol. The lowest BCUT2D eigenvalue weighted by Crippen LogP contribution is -2.20. The van der Waals surface area contributed by atoms with E-state index in [1.165, 1.54) is 5.39 Å². The number of furan rings is 2. The number of allylic oxidation sites excluding steroid dienone is 4. The molecule has 16 rings (SSSR count). The fraction of sp³-hybridized carbons (Fsp3) is 0.0267. The Hall–Kier alpha value is -10.9. The first kappa shape index (κ1) is 46.2. The van der Waals surface area contributed by atoms with Gasteiger partial charge in [0.2, 0.25) is 0 Å². The Labute approximate surface area is 467 Å². The summed E-state index contributed by atoms with van der Waals surface area (Å²) in [4.78, 5) is 6.89. The first-order valence-corrected chi connectivity index (χ1v) is 27.5. The van der Waals surface area contributed by atoms with Gasteiger partial charge in [-0.05, 0) is 116 Å². The van der Waals surface area contributed by atoms with E-state index in [1.807, 2.05) is 12.1 Å². The van der Waals surface area contributed by atoms with Gasteiger partial charge in [-0.15, -0.1) is 0 Å². The summed E-state index contributed by atoms with van der Waals surface area (Å²) in [6, 6.07) is 82.6. The highest BCUT2D eigenvalue weighted by molar-refractivity contribution is 6.37. The molecule has 4 heterocycles. The molecule has 0 unspecified atom stereocenters. The SMILES string of the molecule is N#Cc1c(N2C=C(c3ccccc3)C=CC2)c2ccc3oc4cc(N5C=CC=CC5)ccc4c3c2c2c1cc(N(c1ccc(-c3ccccc3)cc1)c1cc3ccccc3c3ccccc13)c1c3ccc(-c4ccccc4)cc3oc12. The normalized spacial score (nSPS) is 13.4. The molecule has 6 nitrogen and oxygen atoms in total. The lowest BCUT2D eigenvalue weighted by atomic mass is 9.89. The summed E-state index contributed by atoms with van der Waals surface area (Å²) < 4.78 is 14.6. The highest BCUT2D eigenvalue weighted by Crippen LogP contribution is 2.54. The quantitative estimate of drug-likeness (QED) is 0.141. The monoisotopic (exact) mass is 1040 g/mol. The minimum Gasteiger partial charge on any atom is -0.456 e. The number of hydrogen-bond donors (Lipinski definition) is 0. The van der Waals surface area contributed by atoms with E-state index in [0.29, 0.717) is 17.7 Å². The molecule has 0 N–H and O–H groups in total. The Morgan fingerprint density at radius 3 is 1.83 bits per heavy atom. The van der Waals surface area contributed by atoms with Crippen LogP contribution in [0, 0.1) is 11.3 Å². The van der Waals surface area contributed by atoms with Gasteiger partial charge in [0, 0.05) is 86.0 Å². The topological polar surface area (TPSA) is 59.8 Å². The predicted octanol–water partition coefficient (Wildman–Crippen LogP) is 20.1. The number of fused-ring (bicyclic) bond motifs is 14. The molecule has 0 atom stereocenters. The first-order chi connectivity index (χ1) is 40.1. The van der Waals surface area contributed by atoms with Crippen molar-refractivity contribution >= 4 is 121 Å². The van der Waals surface area contributed by atoms with Crippen molar-refractivity contribution in [3.05, 3.63) is 278 Å². The second kappa shape index (κ2) is 18.7. The van der Waals surface area contributed by atoms with Gasteiger partial charge in [0.25, 0.3) is 0 Å². The van der Waals surface area contributed by atoms with E-state index in [2.05, 4.69) is 276 Å². The zero-order valence-corrected chi connectivity index (χ0v) is 43.9. The van der Waals surface area contributed by atoms with Crippen LogP contribution >= 0.6 is 0 Å². The van der Waals surface area contributed by atoms with Gasteiger partial charge in [0.15, 0.2) is 0 Å². The molecule has 81 heavy (non-hydrogen) atoms. The minimum atomic E-state index is 0.548. The number of rotatable bonds is 8. The summed E-state index contributed by atoms with van der Waals surface area (Å²) in [6.45, 7) is 1.32. The summed E-state index contributed by atoms with van der Waals surface area (Å²) in [5.41, 5.74) is 14.8. The Morgan fingerprint density at radius 2 is 1.06 bits per heavy atom. The highest BCUT2D eigenvalue weighted by atomic mass is 16.3. The molecular formula is C75H48N4O2. The van der Waals surface area contributed by atoms with Gasteiger partial charge in [-0.2, -0.15) is 5.26 Å². The van der Waals surface area contributed by atoms with Crippen molar-refractivity contribution < 1.29 is 8.83 Å². The van der Waals surface area contributed by atoms with Crippen LogP contribution in [0.4, 0.5) is 28.4 Å². The van der Waals surface area contributed by atoms with Crippen molar-refractivity contribution in [1.29, 1.82) is 5.26 Å². The maximum absolute atomic E-state index is 12.1. The first-order valence-electron chi connectivity index (χ1n) is 27.5. The van der Waals surface area contributed by atoms with E-state index in [-0.39, 0.29) is 0 Å². The van der Waals surface area contributed by atoms with E-state index in [1.54, 1.807) is 0 Å². The van der Waals surface area contributed by atoms with E-state index < -0.39 is 0 Å². The number of nitriles is 1. The number of nitrogens with zero attached hydrogens (tertiary/aromatic N) is 4. The van der Waals surface area contributed by atoms with Gasteiger partial charge >= 0.3 is 0 Å². The van der Waals surface area contributed by atoms with Crippen LogP contribution in [0.25, 0.3) is 115 Å². The third kappa shape index (κ3) is 7.48. The Bertz CT molecular complexity index is 5060. The molecule has 0 saturated carbocycles. The van der Waals surface area contributed by atoms with Gasteiger partial charge in [-0.1, -0.05) is 182 Å². The summed E-state index contributed by atoms with van der Waals surface area (Å²) in [5.74, 6) is 0. The standard InChI is InChI=1S/C75H48N4O2/c76-46-64-63-45-66(79(55-32-29-51(30-33-55)48-18-5-1-6-19-48)65-42-53-24-11-12-26-57(53)58-27-13-14-28-59(58)65)70-60-35-31-52(49-20-7-2-8-21-49)43-68(60)81-75(70)73(63)72-62(74(64)78-41-17-25-54(47-78)50-22-9-3-10-23-50)37-38-67-71(72)61-36-34-56(44-69(61)80-67)77-39-15-4-16-40-77/h1-39,42-45,47H,40-41H2. The minimum absolute atomic E-state index is 0.548. The average molecular weight is 1040 g/mol. The Morgan fingerprint density at radius 1 is 0.420 bits per heavy atom. The predicted molar refractivity (Wildman–Crippen MR) is 338 cm³/mol. The maximum Gasteiger partial charge on any atom is 0.146 e. The van der Waals surface area contributed by atoms with Gasteiger partial charge in [0.1, 0.15) is 28.4 Å². The Balaban J connectivity index is 1.08. The molecule has 2 aliphatic heterocycles. The smallest absolute Gasteiger partial charge is 0.146 e. The van der Waals surface area contributed by atoms with Crippen molar-refractivity contribution in [3.8, 4) is 28.3 Å². The molecule has 0 aliphatic carbocycles. The van der Waals surface area contributed by atoms with Gasteiger partial charge < -0.3 is 23.5 Å². The average Bonchev–Trinajstić information content (AvgIpc) is 4.21. The molecule has 6 heteroatoms. The molecule has 0 fully saturated rings. The number of benzene rings is 12. The van der Waals surface area contributed by atoms with Crippen LogP contribution in [-0.4, -0.2) is 13.1 Å². The molecule has 0 bridgehead atoms. The molecule has 14 aromatic rings. The van der Waals surface area contributed by atoms with Gasteiger partial charge in [0.05, 0.1) is 28.0 Å². The van der Waals surface area contributed by atoms with Crippen molar-refractivity contribution in [1.82, 2.24) is 0 Å². The lowest BCUT2D eigenvalue weighted by Gasteiger charge is -2.30. The molecule has 0 saturated heterocycles. The molecule has 0 radical (unpaired) electrons. The van der Waals surface area contributed by atoms with Crippen molar-refractivity contribution in [2.24, 2.45) is 0 Å².